The lowest BCUT2D eigenvalue weighted by atomic mass is 9.99. The van der Waals surface area contributed by atoms with E-state index < -0.39 is 0 Å². The molecule has 0 amide bonds. The van der Waals surface area contributed by atoms with E-state index >= 15 is 0 Å². The SMILES string of the molecule is CC(c1ccc2nccnc2c1)N1C[C@H](CO)N(c2cc(=O)n(C)c3cn(CC#N)nc23)C[C@H]1C. The van der Waals surface area contributed by atoms with E-state index in [9.17, 15) is 9.90 Å². The lowest BCUT2D eigenvalue weighted by Gasteiger charge is -2.48. The Balaban J connectivity index is 1.48. The lowest BCUT2D eigenvalue weighted by molar-refractivity contribution is 0.0946. The molecule has 0 aliphatic carbocycles. The van der Waals surface area contributed by atoms with Crippen molar-refractivity contribution in [3.63, 3.8) is 0 Å². The Kier molecular flexibility index (Phi) is 5.96. The number of hydrogen-bond acceptors (Lipinski definition) is 8. The summed E-state index contributed by atoms with van der Waals surface area (Å²) in [5.74, 6) is 0. The third-order valence-electron chi connectivity index (χ3n) is 7.05. The summed E-state index contributed by atoms with van der Waals surface area (Å²) in [7, 11) is 1.70. The largest absolute Gasteiger partial charge is 0.394 e. The number of piperazine rings is 1. The Labute approximate surface area is 202 Å². The fourth-order valence-electron chi connectivity index (χ4n) is 5.10. The highest BCUT2D eigenvalue weighted by molar-refractivity contribution is 5.88. The van der Waals surface area contributed by atoms with Gasteiger partial charge in [0.05, 0.1) is 47.2 Å². The van der Waals surface area contributed by atoms with Crippen molar-refractivity contribution in [2.45, 2.75) is 38.5 Å². The number of aliphatic hydroxyl groups excluding tert-OH is 1. The number of pyridine rings is 1. The van der Waals surface area contributed by atoms with Gasteiger partial charge in [-0.05, 0) is 31.5 Å². The van der Waals surface area contributed by atoms with Crippen LogP contribution in [0.2, 0.25) is 0 Å². The summed E-state index contributed by atoms with van der Waals surface area (Å²) in [5, 5.41) is 24.1. The molecule has 10 heteroatoms. The lowest BCUT2D eigenvalue weighted by Crippen LogP contribution is -2.59. The van der Waals surface area contributed by atoms with Gasteiger partial charge in [0.1, 0.15) is 12.1 Å². The van der Waals surface area contributed by atoms with Crippen molar-refractivity contribution in [3.8, 4) is 6.07 Å². The summed E-state index contributed by atoms with van der Waals surface area (Å²) in [6.07, 6.45) is 5.11. The van der Waals surface area contributed by atoms with Gasteiger partial charge in [-0.25, -0.2) is 0 Å². The van der Waals surface area contributed by atoms with Gasteiger partial charge >= 0.3 is 0 Å². The van der Waals surface area contributed by atoms with E-state index in [1.807, 2.05) is 6.07 Å². The minimum Gasteiger partial charge on any atom is -0.394 e. The van der Waals surface area contributed by atoms with Crippen LogP contribution in [0.25, 0.3) is 22.1 Å². The van der Waals surface area contributed by atoms with Gasteiger partial charge in [0.2, 0.25) is 0 Å². The number of aromatic nitrogens is 5. The maximum Gasteiger partial charge on any atom is 0.252 e. The molecule has 1 fully saturated rings. The average molecular weight is 473 g/mol. The minimum absolute atomic E-state index is 0.0608. The molecule has 0 saturated carbocycles. The number of hydrogen-bond donors (Lipinski definition) is 1. The summed E-state index contributed by atoms with van der Waals surface area (Å²) in [5.41, 5.74) is 4.72. The molecule has 0 spiro atoms. The van der Waals surface area contributed by atoms with Gasteiger partial charge in [0.25, 0.3) is 5.56 Å². The second-order valence-corrected chi connectivity index (χ2v) is 9.16. The Morgan fingerprint density at radius 1 is 1.20 bits per heavy atom. The first-order valence-corrected chi connectivity index (χ1v) is 11.7. The van der Waals surface area contributed by atoms with E-state index in [0.29, 0.717) is 29.8 Å². The molecule has 1 aromatic carbocycles. The maximum absolute atomic E-state index is 12.8. The van der Waals surface area contributed by atoms with Gasteiger partial charge in [-0.15, -0.1) is 0 Å². The highest BCUT2D eigenvalue weighted by Gasteiger charge is 2.35. The molecule has 35 heavy (non-hydrogen) atoms. The number of aryl methyl sites for hydroxylation is 1. The Bertz CT molecular complexity index is 1490. The van der Waals surface area contributed by atoms with Crippen molar-refractivity contribution in [2.24, 2.45) is 7.05 Å². The van der Waals surface area contributed by atoms with Crippen LogP contribution in [0, 0.1) is 11.3 Å². The van der Waals surface area contributed by atoms with E-state index in [2.05, 4.69) is 56.9 Å². The molecule has 1 N–H and O–H groups in total. The van der Waals surface area contributed by atoms with E-state index in [1.54, 1.807) is 36.4 Å². The van der Waals surface area contributed by atoms with Gasteiger partial charge < -0.3 is 14.6 Å². The van der Waals surface area contributed by atoms with E-state index in [4.69, 9.17) is 5.26 Å². The average Bonchev–Trinajstić information content (AvgIpc) is 3.30. The second kappa shape index (κ2) is 9.09. The van der Waals surface area contributed by atoms with Gasteiger partial charge in [-0.1, -0.05) is 6.07 Å². The zero-order valence-electron chi connectivity index (χ0n) is 20.0. The fourth-order valence-corrected chi connectivity index (χ4v) is 5.10. The number of aliphatic hydroxyl groups is 1. The van der Waals surface area contributed by atoms with Crippen LogP contribution >= 0.6 is 0 Å². The highest BCUT2D eigenvalue weighted by Crippen LogP contribution is 2.33. The van der Waals surface area contributed by atoms with Crippen molar-refractivity contribution < 1.29 is 5.11 Å². The number of fused-ring (bicyclic) bond motifs is 2. The van der Waals surface area contributed by atoms with Crippen LogP contribution < -0.4 is 10.5 Å². The number of anilines is 1. The molecular formula is C25H28N8O2. The molecule has 1 aliphatic heterocycles. The van der Waals surface area contributed by atoms with Crippen LogP contribution in [0.4, 0.5) is 5.69 Å². The van der Waals surface area contributed by atoms with Gasteiger partial charge in [-0.2, -0.15) is 10.4 Å². The topological polar surface area (TPSA) is 116 Å². The fraction of sp³-hybridized carbons (Fsp3) is 0.400. The van der Waals surface area contributed by atoms with E-state index in [1.165, 1.54) is 4.57 Å². The standard InChI is InChI=1S/C25H28N8O2/c1-16-12-33(22-11-24(35)30(3)23-14-31(9-6-26)29-25(22)23)19(15-34)13-32(16)17(2)18-4-5-20-21(10-18)28-8-7-27-20/h4-5,7-8,10-11,14,16-17,19,34H,9,12-13,15H2,1-3H3/t16-,17?,19-/m1/s1. The monoisotopic (exact) mass is 472 g/mol. The zero-order valence-corrected chi connectivity index (χ0v) is 20.0. The molecule has 10 nitrogen and oxygen atoms in total. The molecule has 1 unspecified atom stereocenters. The third-order valence-corrected chi connectivity index (χ3v) is 7.05. The van der Waals surface area contributed by atoms with Crippen LogP contribution in [0.5, 0.6) is 0 Å². The molecule has 3 aromatic heterocycles. The van der Waals surface area contributed by atoms with E-state index in [0.717, 1.165) is 16.6 Å². The first-order chi connectivity index (χ1) is 16.9. The van der Waals surface area contributed by atoms with Gasteiger partial charge in [-0.3, -0.25) is 24.3 Å². The summed E-state index contributed by atoms with van der Waals surface area (Å²) < 4.78 is 3.09. The minimum atomic E-state index is -0.217. The Morgan fingerprint density at radius 3 is 2.71 bits per heavy atom. The molecule has 5 rings (SSSR count). The van der Waals surface area contributed by atoms with Crippen LogP contribution in [-0.4, -0.2) is 66.1 Å². The first kappa shape index (κ1) is 23.0. The molecule has 4 aromatic rings. The van der Waals surface area contributed by atoms with Gasteiger partial charge in [0, 0.05) is 50.7 Å². The van der Waals surface area contributed by atoms with Crippen LogP contribution in [-0.2, 0) is 13.6 Å². The molecule has 0 radical (unpaired) electrons. The van der Waals surface area contributed by atoms with Crippen molar-refractivity contribution >= 4 is 27.8 Å². The number of benzene rings is 1. The molecule has 4 heterocycles. The Hall–Kier alpha value is -3.81. The Morgan fingerprint density at radius 2 is 1.97 bits per heavy atom. The summed E-state index contributed by atoms with van der Waals surface area (Å²) >= 11 is 0. The third kappa shape index (κ3) is 4.03. The molecule has 1 saturated heterocycles. The second-order valence-electron chi connectivity index (χ2n) is 9.16. The molecular weight excluding hydrogens is 444 g/mol. The molecule has 180 valence electrons. The predicted molar refractivity (Wildman–Crippen MR) is 133 cm³/mol. The maximum atomic E-state index is 12.8. The van der Waals surface area contributed by atoms with Crippen molar-refractivity contribution in [1.29, 1.82) is 5.26 Å². The van der Waals surface area contributed by atoms with Crippen LogP contribution in [0.15, 0.2) is 47.7 Å². The number of nitrogens with zero attached hydrogens (tertiary/aromatic N) is 8. The molecule has 0 bridgehead atoms. The number of nitriles is 1. The normalized spacial score (nSPS) is 19.8. The zero-order chi connectivity index (χ0) is 24.7. The quantitative estimate of drug-likeness (QED) is 0.468. The van der Waals surface area contributed by atoms with Gasteiger partial charge in [0.15, 0.2) is 0 Å². The van der Waals surface area contributed by atoms with Crippen molar-refractivity contribution in [1.82, 2.24) is 29.2 Å². The van der Waals surface area contributed by atoms with Crippen molar-refractivity contribution in [3.05, 3.63) is 58.8 Å². The molecule has 3 atom stereocenters. The van der Waals surface area contributed by atoms with Crippen LogP contribution in [0.3, 0.4) is 0 Å². The highest BCUT2D eigenvalue weighted by atomic mass is 16.3. The van der Waals surface area contributed by atoms with Crippen LogP contribution in [0.1, 0.15) is 25.5 Å². The summed E-state index contributed by atoms with van der Waals surface area (Å²) in [4.78, 5) is 26.0. The van der Waals surface area contributed by atoms with Crippen molar-refractivity contribution in [2.75, 3.05) is 24.6 Å². The summed E-state index contributed by atoms with van der Waals surface area (Å²) in [6.45, 7) is 5.60. The summed E-state index contributed by atoms with van der Waals surface area (Å²) in [6, 6.07) is 9.86. The van der Waals surface area contributed by atoms with E-state index in [-0.39, 0.29) is 36.8 Å². The number of rotatable bonds is 5. The molecule has 1 aliphatic rings. The first-order valence-electron chi connectivity index (χ1n) is 11.7. The predicted octanol–water partition coefficient (Wildman–Crippen LogP) is 1.83. The smallest absolute Gasteiger partial charge is 0.252 e.